The molecule has 0 spiro atoms. The summed E-state index contributed by atoms with van der Waals surface area (Å²) in [5.74, 6) is -1.34. The SMILES string of the molecule is CCc1cc(-c2nnn(Cc3c(F)cccc3[N+](=O)[O-])c2-c2ccc(NC(C)=O)cc2)c(O)cc1O. The number of anilines is 1. The van der Waals surface area contributed by atoms with Crippen molar-refractivity contribution in [3.05, 3.63) is 81.7 Å². The topological polar surface area (TPSA) is 143 Å². The van der Waals surface area contributed by atoms with Gasteiger partial charge in [-0.15, -0.1) is 5.10 Å². The normalized spacial score (nSPS) is 10.9. The first-order valence-corrected chi connectivity index (χ1v) is 11.0. The summed E-state index contributed by atoms with van der Waals surface area (Å²) in [4.78, 5) is 22.2. The van der Waals surface area contributed by atoms with Crippen molar-refractivity contribution in [1.82, 2.24) is 15.0 Å². The number of aromatic hydroxyl groups is 2. The second-order valence-corrected chi connectivity index (χ2v) is 8.05. The number of carbonyl (C=O) groups excluding carboxylic acids is 1. The van der Waals surface area contributed by atoms with Crippen LogP contribution in [0.5, 0.6) is 11.5 Å². The van der Waals surface area contributed by atoms with Gasteiger partial charge in [-0.2, -0.15) is 0 Å². The molecule has 0 radical (unpaired) electrons. The monoisotopic (exact) mass is 491 g/mol. The summed E-state index contributed by atoms with van der Waals surface area (Å²) >= 11 is 0. The number of hydrogen-bond donors (Lipinski definition) is 3. The van der Waals surface area contributed by atoms with Crippen molar-refractivity contribution < 1.29 is 24.3 Å². The highest BCUT2D eigenvalue weighted by atomic mass is 19.1. The van der Waals surface area contributed by atoms with E-state index in [2.05, 4.69) is 15.6 Å². The van der Waals surface area contributed by atoms with Gasteiger partial charge in [-0.05, 0) is 36.2 Å². The van der Waals surface area contributed by atoms with E-state index in [4.69, 9.17) is 0 Å². The third kappa shape index (κ3) is 4.71. The lowest BCUT2D eigenvalue weighted by Gasteiger charge is -2.12. The van der Waals surface area contributed by atoms with E-state index < -0.39 is 16.4 Å². The lowest BCUT2D eigenvalue weighted by Crippen LogP contribution is -2.09. The smallest absolute Gasteiger partial charge is 0.277 e. The summed E-state index contributed by atoms with van der Waals surface area (Å²) in [6, 6.07) is 13.0. The zero-order valence-corrected chi connectivity index (χ0v) is 19.4. The molecule has 3 aromatic carbocycles. The molecule has 0 fully saturated rings. The Morgan fingerprint density at radius 3 is 2.50 bits per heavy atom. The third-order valence-corrected chi connectivity index (χ3v) is 5.65. The van der Waals surface area contributed by atoms with Gasteiger partial charge < -0.3 is 15.5 Å². The van der Waals surface area contributed by atoms with E-state index in [0.29, 0.717) is 28.9 Å². The number of nitrogens with zero attached hydrogens (tertiary/aromatic N) is 4. The van der Waals surface area contributed by atoms with Gasteiger partial charge in [-0.25, -0.2) is 9.07 Å². The number of hydrogen-bond acceptors (Lipinski definition) is 7. The minimum Gasteiger partial charge on any atom is -0.508 e. The maximum absolute atomic E-state index is 14.7. The highest BCUT2D eigenvalue weighted by molar-refractivity contribution is 5.89. The van der Waals surface area contributed by atoms with Crippen LogP contribution in [0.2, 0.25) is 0 Å². The molecule has 1 heterocycles. The van der Waals surface area contributed by atoms with Gasteiger partial charge in [0.15, 0.2) is 0 Å². The van der Waals surface area contributed by atoms with Crippen LogP contribution in [-0.2, 0) is 17.8 Å². The van der Waals surface area contributed by atoms with E-state index in [1.54, 1.807) is 30.3 Å². The molecule has 0 aliphatic heterocycles. The number of nitro groups is 1. The van der Waals surface area contributed by atoms with Crippen molar-refractivity contribution in [3.8, 4) is 34.0 Å². The number of nitrogens with one attached hydrogen (secondary N) is 1. The van der Waals surface area contributed by atoms with Crippen LogP contribution in [0.1, 0.15) is 25.0 Å². The fraction of sp³-hybridized carbons (Fsp3) is 0.160. The van der Waals surface area contributed by atoms with E-state index in [0.717, 1.165) is 6.07 Å². The fourth-order valence-corrected chi connectivity index (χ4v) is 3.93. The van der Waals surface area contributed by atoms with Crippen molar-refractivity contribution in [3.63, 3.8) is 0 Å². The van der Waals surface area contributed by atoms with Crippen LogP contribution in [0.4, 0.5) is 15.8 Å². The Bertz CT molecular complexity index is 1470. The van der Waals surface area contributed by atoms with Gasteiger partial charge in [-0.1, -0.05) is 30.3 Å². The molecule has 0 atom stereocenters. The molecule has 4 aromatic rings. The van der Waals surface area contributed by atoms with Gasteiger partial charge in [-0.3, -0.25) is 14.9 Å². The summed E-state index contributed by atoms with van der Waals surface area (Å²) in [6.07, 6.45) is 0.482. The van der Waals surface area contributed by atoms with Crippen LogP contribution in [0, 0.1) is 15.9 Å². The Balaban J connectivity index is 1.91. The number of aromatic nitrogens is 3. The molecular formula is C25H22FN5O5. The lowest BCUT2D eigenvalue weighted by atomic mass is 10.00. The molecule has 0 saturated carbocycles. The Hall–Kier alpha value is -4.80. The van der Waals surface area contributed by atoms with E-state index in [9.17, 15) is 29.5 Å². The maximum atomic E-state index is 14.7. The molecule has 0 aliphatic rings. The Kier molecular flexibility index (Phi) is 6.64. The number of rotatable bonds is 7. The first-order valence-electron chi connectivity index (χ1n) is 11.0. The van der Waals surface area contributed by atoms with Gasteiger partial charge in [0.25, 0.3) is 5.69 Å². The van der Waals surface area contributed by atoms with Gasteiger partial charge in [0.2, 0.25) is 5.91 Å². The summed E-state index contributed by atoms with van der Waals surface area (Å²) < 4.78 is 16.0. The standard InChI is InChI=1S/C25H22FN5O5/c1-3-15-11-18(23(34)12-22(15)33)24-25(16-7-9-17(10-8-16)27-14(2)32)30(29-28-24)13-19-20(26)5-4-6-21(19)31(35)36/h4-12,33-34H,3,13H2,1-2H3,(H,27,32). The Morgan fingerprint density at radius 1 is 1.14 bits per heavy atom. The number of carbonyl (C=O) groups is 1. The second kappa shape index (κ2) is 9.82. The van der Waals surface area contributed by atoms with E-state index in [-0.39, 0.29) is 40.8 Å². The van der Waals surface area contributed by atoms with Gasteiger partial charge in [0.1, 0.15) is 23.0 Å². The predicted molar refractivity (Wildman–Crippen MR) is 130 cm³/mol. The maximum Gasteiger partial charge on any atom is 0.277 e. The molecule has 11 heteroatoms. The van der Waals surface area contributed by atoms with Crippen LogP contribution in [-0.4, -0.2) is 36.0 Å². The van der Waals surface area contributed by atoms with Crippen molar-refractivity contribution in [2.24, 2.45) is 0 Å². The molecule has 3 N–H and O–H groups in total. The zero-order valence-electron chi connectivity index (χ0n) is 19.4. The van der Waals surface area contributed by atoms with Crippen LogP contribution in [0.3, 0.4) is 0 Å². The first kappa shape index (κ1) is 24.3. The van der Waals surface area contributed by atoms with Crippen LogP contribution >= 0.6 is 0 Å². The Labute approximate surface area is 204 Å². The van der Waals surface area contributed by atoms with Crippen molar-refractivity contribution in [1.29, 1.82) is 0 Å². The van der Waals surface area contributed by atoms with Crippen LogP contribution in [0.15, 0.2) is 54.6 Å². The van der Waals surface area contributed by atoms with E-state index in [1.165, 1.54) is 29.8 Å². The average molecular weight is 491 g/mol. The van der Waals surface area contributed by atoms with Crippen molar-refractivity contribution in [2.45, 2.75) is 26.8 Å². The number of benzene rings is 3. The molecule has 36 heavy (non-hydrogen) atoms. The number of amides is 1. The highest BCUT2D eigenvalue weighted by Gasteiger charge is 2.24. The molecular weight excluding hydrogens is 469 g/mol. The number of nitro benzene ring substituents is 1. The lowest BCUT2D eigenvalue weighted by molar-refractivity contribution is -0.385. The largest absolute Gasteiger partial charge is 0.508 e. The van der Waals surface area contributed by atoms with Crippen LogP contribution < -0.4 is 5.32 Å². The minimum atomic E-state index is -0.769. The summed E-state index contributed by atoms with van der Waals surface area (Å²) in [6.45, 7) is 2.91. The number of aryl methyl sites for hydroxylation is 1. The van der Waals surface area contributed by atoms with E-state index in [1.807, 2.05) is 6.92 Å². The predicted octanol–water partition coefficient (Wildman–Crippen LogP) is 4.64. The third-order valence-electron chi connectivity index (χ3n) is 5.65. The van der Waals surface area contributed by atoms with Crippen molar-refractivity contribution in [2.75, 3.05) is 5.32 Å². The second-order valence-electron chi connectivity index (χ2n) is 8.05. The number of phenolic OH excluding ortho intramolecular Hbond substituents is 2. The molecule has 0 bridgehead atoms. The summed E-state index contributed by atoms with van der Waals surface area (Å²) in [5, 5.41) is 43.3. The van der Waals surface area contributed by atoms with Gasteiger partial charge >= 0.3 is 0 Å². The van der Waals surface area contributed by atoms with Crippen molar-refractivity contribution >= 4 is 17.3 Å². The Morgan fingerprint density at radius 2 is 1.86 bits per heavy atom. The minimum absolute atomic E-state index is 0.0747. The molecule has 1 amide bonds. The molecule has 0 aliphatic carbocycles. The molecule has 1 aromatic heterocycles. The quantitative estimate of drug-likeness (QED) is 0.252. The molecule has 0 unspecified atom stereocenters. The summed E-state index contributed by atoms with van der Waals surface area (Å²) in [5.41, 5.74) is 1.93. The van der Waals surface area contributed by atoms with E-state index >= 15 is 0 Å². The summed E-state index contributed by atoms with van der Waals surface area (Å²) in [7, 11) is 0. The fourth-order valence-electron chi connectivity index (χ4n) is 3.93. The highest BCUT2D eigenvalue weighted by Crippen LogP contribution is 2.39. The van der Waals surface area contributed by atoms with Gasteiger partial charge in [0.05, 0.1) is 22.7 Å². The molecule has 0 saturated heterocycles. The van der Waals surface area contributed by atoms with Crippen LogP contribution in [0.25, 0.3) is 22.5 Å². The zero-order chi connectivity index (χ0) is 26.0. The van der Waals surface area contributed by atoms with Gasteiger partial charge in [0, 0.05) is 35.9 Å². The average Bonchev–Trinajstić information content (AvgIpc) is 3.23. The molecule has 10 nitrogen and oxygen atoms in total. The number of phenols is 2. The molecule has 184 valence electrons. The molecule has 4 rings (SSSR count). The number of halogens is 1. The first-order chi connectivity index (χ1) is 17.2.